The van der Waals surface area contributed by atoms with E-state index in [4.69, 9.17) is 9.47 Å². The summed E-state index contributed by atoms with van der Waals surface area (Å²) in [5, 5.41) is 14.4. The van der Waals surface area contributed by atoms with Crippen molar-refractivity contribution in [3.8, 4) is 5.75 Å². The van der Waals surface area contributed by atoms with E-state index in [0.29, 0.717) is 30.1 Å². The van der Waals surface area contributed by atoms with E-state index in [1.165, 1.54) is 16.9 Å². The number of rotatable bonds is 10. The van der Waals surface area contributed by atoms with Crippen molar-refractivity contribution in [3.63, 3.8) is 0 Å². The molecule has 3 aromatic rings. The summed E-state index contributed by atoms with van der Waals surface area (Å²) in [5.41, 5.74) is -3.43. The van der Waals surface area contributed by atoms with Crippen molar-refractivity contribution in [1.82, 2.24) is 24.6 Å². The number of aliphatic hydroxyl groups excluding tert-OH is 1. The molecule has 0 bridgehead atoms. The molecule has 0 radical (unpaired) electrons. The highest BCUT2D eigenvalue weighted by Gasteiger charge is 2.42. The van der Waals surface area contributed by atoms with Crippen LogP contribution in [0.2, 0.25) is 0 Å². The third-order valence-electron chi connectivity index (χ3n) is 7.96. The van der Waals surface area contributed by atoms with E-state index in [-0.39, 0.29) is 57.5 Å². The number of methoxy groups -OCH3 is 1. The van der Waals surface area contributed by atoms with Gasteiger partial charge < -0.3 is 29.3 Å². The van der Waals surface area contributed by atoms with Crippen LogP contribution < -0.4 is 20.1 Å². The van der Waals surface area contributed by atoms with Crippen LogP contribution in [0.15, 0.2) is 47.7 Å². The molecule has 2 aliphatic heterocycles. The van der Waals surface area contributed by atoms with Gasteiger partial charge in [-0.3, -0.25) is 9.59 Å². The lowest BCUT2D eigenvalue weighted by molar-refractivity contribution is -0.144. The number of ether oxygens (including phenoxy) is 2. The fraction of sp³-hybridized carbons (Fsp3) is 0.483. The molecule has 1 amide bonds. The molecular formula is C29H31F6N7O5. The van der Waals surface area contributed by atoms with E-state index < -0.39 is 53.7 Å². The number of halogens is 6. The number of carbonyl (C=O) groups is 1. The average Bonchev–Trinajstić information content (AvgIpc) is 3.03. The van der Waals surface area contributed by atoms with Gasteiger partial charge in [0.25, 0.3) is 11.5 Å². The first-order valence-electron chi connectivity index (χ1n) is 14.5. The number of nitrogens with zero attached hydrogens (tertiary/aromatic N) is 7. The second kappa shape index (κ2) is 13.7. The second-order valence-corrected chi connectivity index (χ2v) is 11.0. The standard InChI is InChI=1S/C29H31F6N7O5/c1-46-21-4-2-18(3-5-21)15-42-26(45)24(29(33,34)35)22(14-38-42)41-7-6-20(41)16-47-17-23(43)25(44)39-8-10-40(11-9-39)27-36-12-19(13-37-27)28(30,31)32/h2-5,12-14,20,23,43H,6-11,15-17H2,1H3/t20-,23?/m0/s1. The first-order valence-corrected chi connectivity index (χ1v) is 14.5. The van der Waals surface area contributed by atoms with Crippen LogP contribution in [-0.2, 0) is 28.4 Å². The molecule has 0 spiro atoms. The predicted molar refractivity (Wildman–Crippen MR) is 154 cm³/mol. The molecule has 1 aromatic carbocycles. The van der Waals surface area contributed by atoms with Crippen LogP contribution in [0.25, 0.3) is 0 Å². The van der Waals surface area contributed by atoms with Crippen LogP contribution in [0.1, 0.15) is 23.1 Å². The number of aromatic nitrogens is 4. The summed E-state index contributed by atoms with van der Waals surface area (Å²) in [6.07, 6.45) is -8.25. The Labute approximate surface area is 264 Å². The molecule has 2 atom stereocenters. The first-order chi connectivity index (χ1) is 22.3. The fourth-order valence-corrected chi connectivity index (χ4v) is 5.27. The number of hydrogen-bond acceptors (Lipinski definition) is 10. The largest absolute Gasteiger partial charge is 0.497 e. The molecule has 18 heteroatoms. The number of piperazine rings is 1. The number of hydrogen-bond donors (Lipinski definition) is 1. The van der Waals surface area contributed by atoms with Gasteiger partial charge in [0.2, 0.25) is 5.95 Å². The minimum atomic E-state index is -4.96. The average molecular weight is 672 g/mol. The quantitative estimate of drug-likeness (QED) is 0.322. The third kappa shape index (κ3) is 7.75. The Balaban J connectivity index is 1.14. The summed E-state index contributed by atoms with van der Waals surface area (Å²) in [7, 11) is 1.48. The van der Waals surface area contributed by atoms with Crippen LogP contribution in [-0.4, -0.2) is 101 Å². The first kappa shape index (κ1) is 33.9. The van der Waals surface area contributed by atoms with Gasteiger partial charge in [0.15, 0.2) is 6.10 Å². The van der Waals surface area contributed by atoms with Crippen LogP contribution in [0.3, 0.4) is 0 Å². The summed E-state index contributed by atoms with van der Waals surface area (Å²) < 4.78 is 92.0. The molecule has 2 aliphatic rings. The van der Waals surface area contributed by atoms with Crippen molar-refractivity contribution in [2.75, 3.05) is 62.8 Å². The molecule has 254 valence electrons. The van der Waals surface area contributed by atoms with Gasteiger partial charge in [0.05, 0.1) is 50.4 Å². The van der Waals surface area contributed by atoms with E-state index in [9.17, 15) is 41.0 Å². The number of aliphatic hydroxyl groups is 1. The molecule has 1 unspecified atom stereocenters. The Bertz CT molecular complexity index is 1590. The van der Waals surface area contributed by atoms with Crippen molar-refractivity contribution < 1.29 is 45.7 Å². The number of benzene rings is 1. The van der Waals surface area contributed by atoms with Gasteiger partial charge >= 0.3 is 12.4 Å². The minimum Gasteiger partial charge on any atom is -0.497 e. The molecule has 4 heterocycles. The molecule has 5 rings (SSSR count). The Morgan fingerprint density at radius 3 is 2.19 bits per heavy atom. The zero-order chi connectivity index (χ0) is 33.9. The Hall–Kier alpha value is -4.45. The molecule has 0 saturated carbocycles. The number of amides is 1. The van der Waals surface area contributed by atoms with E-state index >= 15 is 0 Å². The van der Waals surface area contributed by atoms with Gasteiger partial charge in [0.1, 0.15) is 11.3 Å². The second-order valence-electron chi connectivity index (χ2n) is 11.0. The zero-order valence-corrected chi connectivity index (χ0v) is 25.0. The topological polar surface area (TPSA) is 126 Å². The van der Waals surface area contributed by atoms with Gasteiger partial charge in [0, 0.05) is 45.1 Å². The van der Waals surface area contributed by atoms with Crippen LogP contribution in [0.5, 0.6) is 5.75 Å². The highest BCUT2D eigenvalue weighted by Crippen LogP contribution is 2.37. The van der Waals surface area contributed by atoms with Crippen LogP contribution in [0, 0.1) is 0 Å². The predicted octanol–water partition coefficient (Wildman–Crippen LogP) is 2.43. The van der Waals surface area contributed by atoms with Crippen LogP contribution in [0.4, 0.5) is 38.0 Å². The maximum Gasteiger partial charge on any atom is 0.423 e. The highest BCUT2D eigenvalue weighted by molar-refractivity contribution is 5.81. The lowest BCUT2D eigenvalue weighted by Gasteiger charge is -2.43. The summed E-state index contributed by atoms with van der Waals surface area (Å²) >= 11 is 0. The molecule has 0 aliphatic carbocycles. The van der Waals surface area contributed by atoms with Gasteiger partial charge in [-0.15, -0.1) is 0 Å². The summed E-state index contributed by atoms with van der Waals surface area (Å²) in [6, 6.07) is 5.93. The smallest absolute Gasteiger partial charge is 0.423 e. The highest BCUT2D eigenvalue weighted by atomic mass is 19.4. The Morgan fingerprint density at radius 2 is 1.64 bits per heavy atom. The third-order valence-corrected chi connectivity index (χ3v) is 7.96. The van der Waals surface area contributed by atoms with E-state index in [2.05, 4.69) is 15.1 Å². The van der Waals surface area contributed by atoms with E-state index in [0.717, 1.165) is 10.9 Å². The zero-order valence-electron chi connectivity index (χ0n) is 25.0. The maximum atomic E-state index is 14.1. The number of anilines is 2. The molecule has 2 saturated heterocycles. The normalized spacial score (nSPS) is 17.8. The van der Waals surface area contributed by atoms with Crippen molar-refractivity contribution >= 4 is 17.5 Å². The molecule has 2 fully saturated rings. The monoisotopic (exact) mass is 671 g/mol. The Morgan fingerprint density at radius 1 is 0.979 bits per heavy atom. The summed E-state index contributed by atoms with van der Waals surface area (Å²) in [4.78, 5) is 37.6. The van der Waals surface area contributed by atoms with Crippen LogP contribution >= 0.6 is 0 Å². The number of carbonyl (C=O) groups excluding carboxylic acids is 1. The van der Waals surface area contributed by atoms with Gasteiger partial charge in [-0.05, 0) is 24.1 Å². The lowest BCUT2D eigenvalue weighted by atomic mass is 10.0. The van der Waals surface area contributed by atoms with E-state index in [1.54, 1.807) is 29.2 Å². The molecule has 1 N–H and O–H groups in total. The fourth-order valence-electron chi connectivity index (χ4n) is 5.27. The van der Waals surface area contributed by atoms with Gasteiger partial charge in [-0.2, -0.15) is 31.4 Å². The molecular weight excluding hydrogens is 640 g/mol. The number of alkyl halides is 6. The lowest BCUT2D eigenvalue weighted by Crippen LogP contribution is -2.54. The molecule has 12 nitrogen and oxygen atoms in total. The summed E-state index contributed by atoms with van der Waals surface area (Å²) in [5.74, 6) is 0.00137. The molecule has 2 aromatic heterocycles. The van der Waals surface area contributed by atoms with Crippen molar-refractivity contribution in [1.29, 1.82) is 0 Å². The van der Waals surface area contributed by atoms with E-state index in [1.807, 2.05) is 0 Å². The Kier molecular flexibility index (Phi) is 9.90. The van der Waals surface area contributed by atoms with Crippen molar-refractivity contribution in [2.24, 2.45) is 0 Å². The maximum absolute atomic E-state index is 14.1. The molecule has 47 heavy (non-hydrogen) atoms. The SMILES string of the molecule is COc1ccc(Cn2ncc(N3CC[C@H]3COCC(O)C(=O)N3CCN(c4ncc(C(F)(F)F)cn4)CC3)c(C(F)(F)F)c2=O)cc1. The van der Waals surface area contributed by atoms with Crippen molar-refractivity contribution in [3.05, 3.63) is 69.9 Å². The van der Waals surface area contributed by atoms with Gasteiger partial charge in [-0.1, -0.05) is 12.1 Å². The van der Waals surface area contributed by atoms with Gasteiger partial charge in [-0.25, -0.2) is 14.6 Å². The minimum absolute atomic E-state index is 0.0810. The van der Waals surface area contributed by atoms with Crippen molar-refractivity contribution in [2.45, 2.75) is 37.5 Å². The summed E-state index contributed by atoms with van der Waals surface area (Å²) in [6.45, 7) is 0.237.